The molecule has 8 rings (SSSR count). The minimum absolute atomic E-state index is 0. The Bertz CT molecular complexity index is 3470. The van der Waals surface area contributed by atoms with Gasteiger partial charge in [0.25, 0.3) is 5.97 Å². The molecule has 0 unspecified atom stereocenters. The first-order chi connectivity index (χ1) is 47.3. The van der Waals surface area contributed by atoms with Gasteiger partial charge in [-0.1, -0.05) is 160 Å². The number of nitro benzene ring substituents is 5. The number of aliphatic hydroxyl groups excluding tert-OH is 1. The summed E-state index contributed by atoms with van der Waals surface area (Å²) in [7, 11) is 1.90. The fourth-order valence-corrected chi connectivity index (χ4v) is 9.36. The van der Waals surface area contributed by atoms with Gasteiger partial charge in [0, 0.05) is 141 Å². The molecule has 6 aromatic rings. The van der Waals surface area contributed by atoms with Gasteiger partial charge in [0.1, 0.15) is 13.2 Å². The lowest BCUT2D eigenvalue weighted by atomic mass is 10.1. The summed E-state index contributed by atoms with van der Waals surface area (Å²) in [6.07, 6.45) is -0.599. The van der Waals surface area contributed by atoms with E-state index in [-0.39, 0.29) is 52.9 Å². The van der Waals surface area contributed by atoms with Crippen LogP contribution in [-0.2, 0) is 45.1 Å². The van der Waals surface area contributed by atoms with Crippen molar-refractivity contribution in [3.8, 4) is 0 Å². The van der Waals surface area contributed by atoms with E-state index in [2.05, 4.69) is 107 Å². The van der Waals surface area contributed by atoms with Gasteiger partial charge in [0.05, 0.1) is 42.6 Å². The summed E-state index contributed by atoms with van der Waals surface area (Å²) in [5, 5.41) is 69.8. The van der Waals surface area contributed by atoms with Crippen LogP contribution in [0.25, 0.3) is 0 Å². The Kier molecular flexibility index (Phi) is 53.7. The van der Waals surface area contributed by atoms with Crippen molar-refractivity contribution >= 4 is 131 Å². The third-order valence-electron chi connectivity index (χ3n) is 12.0. The first kappa shape index (κ1) is 97.3. The second-order valence-corrected chi connectivity index (χ2v) is 24.0. The average molecular weight is 1740 g/mol. The number of ether oxygens (including phenoxy) is 2. The van der Waals surface area contributed by atoms with Crippen LogP contribution in [0.3, 0.4) is 0 Å². The average Bonchev–Trinajstić information content (AvgIpc) is 0.866. The van der Waals surface area contributed by atoms with E-state index in [4.69, 9.17) is 15.0 Å². The summed E-state index contributed by atoms with van der Waals surface area (Å²) >= 11 is 12.2. The van der Waals surface area contributed by atoms with Crippen LogP contribution >= 0.6 is 84.4 Å². The molecule has 558 valence electrons. The maximum absolute atomic E-state index is 14.0. The number of carbonyl (C=O) groups is 3. The fourth-order valence-electron chi connectivity index (χ4n) is 7.29. The number of hydrogen-bond donors (Lipinski definition) is 3. The first-order valence-corrected chi connectivity index (χ1v) is 33.9. The summed E-state index contributed by atoms with van der Waals surface area (Å²) in [5.74, 6) is -4.72. The van der Waals surface area contributed by atoms with Crippen LogP contribution in [0.4, 0.5) is 60.0 Å². The van der Waals surface area contributed by atoms with Gasteiger partial charge in [0.2, 0.25) is 29.1 Å². The Hall–Kier alpha value is -7.91. The molecule has 6 aromatic carbocycles. The number of alkyl halides is 4. The molecule has 2 heterocycles. The third kappa shape index (κ3) is 39.2. The van der Waals surface area contributed by atoms with E-state index in [1.165, 1.54) is 87.4 Å². The Morgan fingerprint density at radius 3 is 1.18 bits per heavy atom. The number of aliphatic hydroxyl groups is 1. The molecule has 2 aliphatic heterocycles. The summed E-state index contributed by atoms with van der Waals surface area (Å²) < 4.78 is 94.4. The highest BCUT2D eigenvalue weighted by Crippen LogP contribution is 2.34. The molecule has 2 fully saturated rings. The maximum atomic E-state index is 14.0. The number of nitrogens with one attached hydrogen (secondary N) is 1. The number of nitrogens with zero attached hydrogens (tertiary/aromatic N) is 8. The number of carboxylic acid groups (broad SMARTS) is 1. The van der Waals surface area contributed by atoms with E-state index in [0.29, 0.717) is 56.1 Å². The quantitative estimate of drug-likeness (QED) is 0.0300. The molecule has 0 aromatic heterocycles. The van der Waals surface area contributed by atoms with Crippen LogP contribution in [0.2, 0.25) is 0 Å². The van der Waals surface area contributed by atoms with E-state index in [9.17, 15) is 86.7 Å². The van der Waals surface area contributed by atoms with Crippen molar-refractivity contribution in [3.05, 3.63) is 234 Å². The molecule has 2 amide bonds. The molecule has 0 aliphatic carbocycles. The van der Waals surface area contributed by atoms with E-state index in [0.717, 1.165) is 70.5 Å². The number of hydrogen-bond acceptors (Lipinski definition) is 21. The van der Waals surface area contributed by atoms with Gasteiger partial charge in [-0.15, -0.1) is 21.5 Å². The molecule has 0 spiro atoms. The molecule has 2 aliphatic rings. The smallest absolute Gasteiger partial charge is 0.481 e. The predicted octanol–water partition coefficient (Wildman–Crippen LogP) is 15.9. The van der Waals surface area contributed by atoms with Gasteiger partial charge in [-0.2, -0.15) is 22.0 Å². The van der Waals surface area contributed by atoms with Crippen molar-refractivity contribution in [1.29, 1.82) is 0 Å². The zero-order chi connectivity index (χ0) is 76.6. The summed E-state index contributed by atoms with van der Waals surface area (Å²) in [5.41, 5.74) is 0.256. The van der Waals surface area contributed by atoms with Crippen molar-refractivity contribution in [2.24, 2.45) is 0 Å². The van der Waals surface area contributed by atoms with Crippen LogP contribution in [0.5, 0.6) is 0 Å². The number of aryl methyl sites for hydroxylation is 2. The molecule has 0 radical (unpaired) electrons. The summed E-state index contributed by atoms with van der Waals surface area (Å²) in [4.78, 5) is 84.4. The largest absolute Gasteiger partial charge is 0.697 e. The lowest BCUT2D eigenvalue weighted by Gasteiger charge is -2.33. The topological polar surface area (TPSA) is 383 Å². The lowest BCUT2D eigenvalue weighted by molar-refractivity contribution is -0.387. The molecule has 29 nitrogen and oxygen atoms in total. The van der Waals surface area contributed by atoms with Crippen molar-refractivity contribution in [2.75, 3.05) is 86.9 Å². The lowest BCUT2D eigenvalue weighted by Crippen LogP contribution is -2.48. The molecule has 2 saturated heterocycles. The van der Waals surface area contributed by atoms with Crippen molar-refractivity contribution in [1.82, 2.24) is 20.0 Å². The van der Waals surface area contributed by atoms with E-state index in [1.54, 1.807) is 23.6 Å². The standard InChI is InChI=1S/C13H16FN3O4.C7H4Br2FNO2.2C7H5BrFNO2.C7H6FNO2.C7H8.C6H12N2O2.C4H10O3P.C2H4O2.CH4O.ClH/c1-21-13(18)16-7-5-15(6-8-16)9-10-3-2-4-11(12(10)14)17(19)20;8-7(9)4-2-1-3-5(6(4)10)11(12)13;2*8-4-5-2-1-3-6(7(5)9)10(11)12;1-5-3-2-4-6(7(5)8)9(10)11;1-7-5-3-2-4-6-7;1-10-6(9)8-4-2-7-3-5-8;1-3-6-8(5)7-4-2;1-2(3)4;1-2;/h2-4H,5-9H2,1H3;1-3,7H;2*1-3H,4H2;2-4H,1H3;2-6H,1H3;7H,2-5H2,1H3;3-4H2,1-2H3;1H3,(H,3,4);2H,1H3;1H/q;;;;;;;+1;;;. The highest BCUT2D eigenvalue weighted by atomic mass is 79.9. The van der Waals surface area contributed by atoms with Gasteiger partial charge in [-0.25, -0.2) is 9.59 Å². The van der Waals surface area contributed by atoms with Gasteiger partial charge in [0.15, 0.2) is 0 Å². The number of carboxylic acids is 1. The Morgan fingerprint density at radius 1 is 0.535 bits per heavy atom. The Labute approximate surface area is 618 Å². The number of benzene rings is 6. The molecule has 0 saturated carbocycles. The zero-order valence-corrected chi connectivity index (χ0v) is 63.4. The number of piperazine rings is 2. The number of methoxy groups -OCH3 is 2. The van der Waals surface area contributed by atoms with Crippen LogP contribution < -0.4 is 5.32 Å². The number of rotatable bonds is 14. The molecule has 101 heavy (non-hydrogen) atoms. The summed E-state index contributed by atoms with van der Waals surface area (Å²) in [6.45, 7) is 14.7. The highest BCUT2D eigenvalue weighted by molar-refractivity contribution is 9.24. The highest BCUT2D eigenvalue weighted by Gasteiger charge is 2.25. The number of halogens is 10. The molecule has 0 bridgehead atoms. The zero-order valence-electron chi connectivity index (χ0n) is 55.4. The van der Waals surface area contributed by atoms with Crippen LogP contribution in [0.1, 0.15) is 57.9 Å². The van der Waals surface area contributed by atoms with Crippen molar-refractivity contribution < 1.29 is 94.3 Å². The monoisotopic (exact) mass is 1730 g/mol. The first-order valence-electron chi connectivity index (χ1n) is 28.8. The Balaban J connectivity index is -0.00000109. The summed E-state index contributed by atoms with van der Waals surface area (Å²) in [6, 6.07) is 30.7. The van der Waals surface area contributed by atoms with Crippen molar-refractivity contribution in [3.63, 3.8) is 0 Å². The molecule has 0 atom stereocenters. The third-order valence-corrected chi connectivity index (χ3v) is 15.2. The van der Waals surface area contributed by atoms with Crippen LogP contribution in [-0.4, -0.2) is 155 Å². The van der Waals surface area contributed by atoms with Gasteiger partial charge >= 0.3 is 48.9 Å². The maximum Gasteiger partial charge on any atom is 0.697 e. The van der Waals surface area contributed by atoms with Crippen LogP contribution in [0.15, 0.2) is 121 Å². The predicted molar refractivity (Wildman–Crippen MR) is 383 cm³/mol. The number of carbonyl (C=O) groups excluding carboxylic acids is 2. The number of nitro groups is 5. The van der Waals surface area contributed by atoms with E-state index >= 15 is 0 Å². The van der Waals surface area contributed by atoms with Crippen molar-refractivity contribution in [2.45, 2.75) is 55.6 Å². The van der Waals surface area contributed by atoms with Gasteiger partial charge in [-0.05, 0) is 33.3 Å². The van der Waals surface area contributed by atoms with E-state index < -0.39 is 100 Å². The molecular formula is C61H75Br4ClF5N9O20P+. The second-order valence-electron chi connectivity index (χ2n) is 18.9. The molecular weight excluding hydrogens is 1660 g/mol. The minimum atomic E-state index is -1.83. The van der Waals surface area contributed by atoms with Gasteiger partial charge in [-0.3, -0.25) is 60.3 Å². The fraction of sp³-hybridized carbons (Fsp3) is 0.361. The van der Waals surface area contributed by atoms with Crippen LogP contribution in [0, 0.1) is 93.5 Å². The molecule has 40 heteroatoms. The normalized spacial score (nSPS) is 11.5. The second kappa shape index (κ2) is 55.7. The van der Waals surface area contributed by atoms with Gasteiger partial charge < -0.3 is 34.8 Å². The minimum Gasteiger partial charge on any atom is -0.481 e. The number of aliphatic carboxylic acids is 1. The van der Waals surface area contributed by atoms with E-state index in [1.807, 2.05) is 23.1 Å². The Morgan fingerprint density at radius 2 is 0.861 bits per heavy atom. The SMILES string of the molecule is CC(=O)O.CCO[P+](=O)OCC.CO.COC(=O)N1CCN(Cc2cccc([N+](=O)[O-])c2F)CC1.COC(=O)N1CCNCC1.Cc1cccc([N+](=O)[O-])c1F.Cc1ccccc1.Cl.O=[N+]([O-])c1cccc(C(Br)Br)c1F.O=[N+]([O-])c1cccc(CBr)c1F.O=[N+]([O-])c1cccc(CBr)c1F. The molecule has 3 N–H and O–H groups in total. The number of amides is 2.